The van der Waals surface area contributed by atoms with E-state index < -0.39 is 0 Å². The summed E-state index contributed by atoms with van der Waals surface area (Å²) in [6, 6.07) is 8.82. The van der Waals surface area contributed by atoms with Gasteiger partial charge >= 0.3 is 0 Å². The standard InChI is InChI=1S/C34H48O5/c1-3-5-7-9-11-13-15-25-17-33-29(19-31(25)37-23-27-21-35-27)30-20-32(38-24-28-22-36-28)26(18-34(30)39-33)16-14-12-10-8-6-4-2/h17-20,27-28H,3-16,21-24H2,1-2H3. The molecule has 3 heterocycles. The van der Waals surface area contributed by atoms with E-state index in [1.807, 2.05) is 0 Å². The average molecular weight is 537 g/mol. The summed E-state index contributed by atoms with van der Waals surface area (Å²) in [6.07, 6.45) is 17.9. The fourth-order valence-electron chi connectivity index (χ4n) is 5.46. The number of ether oxygens (including phenoxy) is 4. The molecule has 0 bridgehead atoms. The number of aryl methyl sites for hydroxylation is 2. The molecule has 39 heavy (non-hydrogen) atoms. The second kappa shape index (κ2) is 14.4. The van der Waals surface area contributed by atoms with Crippen LogP contribution in [0.5, 0.6) is 11.5 Å². The molecule has 214 valence electrons. The van der Waals surface area contributed by atoms with Crippen LogP contribution in [0, 0.1) is 0 Å². The molecule has 5 heteroatoms. The van der Waals surface area contributed by atoms with Crippen molar-refractivity contribution in [1.82, 2.24) is 0 Å². The van der Waals surface area contributed by atoms with Crippen LogP contribution in [0.4, 0.5) is 0 Å². The van der Waals surface area contributed by atoms with E-state index in [9.17, 15) is 0 Å². The lowest BCUT2D eigenvalue weighted by atomic mass is 10.0. The van der Waals surface area contributed by atoms with Crippen LogP contribution < -0.4 is 9.47 Å². The lowest BCUT2D eigenvalue weighted by molar-refractivity contribution is 0.261. The first-order valence-electron chi connectivity index (χ1n) is 15.8. The van der Waals surface area contributed by atoms with Crippen molar-refractivity contribution in [2.75, 3.05) is 26.4 Å². The highest BCUT2D eigenvalue weighted by Gasteiger charge is 2.25. The van der Waals surface area contributed by atoms with Gasteiger partial charge < -0.3 is 23.4 Å². The van der Waals surface area contributed by atoms with Gasteiger partial charge in [-0.25, -0.2) is 0 Å². The van der Waals surface area contributed by atoms with Crippen LogP contribution in [0.2, 0.25) is 0 Å². The Hall–Kier alpha value is -2.24. The molecule has 2 fully saturated rings. The summed E-state index contributed by atoms with van der Waals surface area (Å²) >= 11 is 0. The quantitative estimate of drug-likeness (QED) is 0.107. The van der Waals surface area contributed by atoms with Crippen molar-refractivity contribution >= 4 is 21.9 Å². The Kier molecular flexibility index (Phi) is 10.5. The van der Waals surface area contributed by atoms with Gasteiger partial charge in [0.2, 0.25) is 0 Å². The van der Waals surface area contributed by atoms with E-state index in [1.54, 1.807) is 0 Å². The second-order valence-corrected chi connectivity index (χ2v) is 11.6. The number of rotatable bonds is 20. The van der Waals surface area contributed by atoms with Crippen molar-refractivity contribution in [3.8, 4) is 11.5 Å². The predicted molar refractivity (Wildman–Crippen MR) is 158 cm³/mol. The fraction of sp³-hybridized carbons (Fsp3) is 0.647. The minimum absolute atomic E-state index is 0.234. The molecule has 0 saturated carbocycles. The monoisotopic (exact) mass is 536 g/mol. The van der Waals surface area contributed by atoms with Crippen LogP contribution in [-0.2, 0) is 22.3 Å². The van der Waals surface area contributed by atoms with Crippen LogP contribution in [0.1, 0.15) is 102 Å². The average Bonchev–Trinajstić information content (AvgIpc) is 3.88. The molecule has 0 amide bonds. The summed E-state index contributed by atoms with van der Waals surface area (Å²) in [5.74, 6) is 1.94. The summed E-state index contributed by atoms with van der Waals surface area (Å²) < 4.78 is 29.9. The Labute approximate surface area is 234 Å². The van der Waals surface area contributed by atoms with Gasteiger partial charge in [0.15, 0.2) is 0 Å². The van der Waals surface area contributed by atoms with E-state index in [-0.39, 0.29) is 12.2 Å². The van der Waals surface area contributed by atoms with Crippen LogP contribution in [-0.4, -0.2) is 38.6 Å². The van der Waals surface area contributed by atoms with Crippen molar-refractivity contribution in [1.29, 1.82) is 0 Å². The number of epoxide rings is 2. The van der Waals surface area contributed by atoms with Crippen molar-refractivity contribution in [3.05, 3.63) is 35.4 Å². The summed E-state index contributed by atoms with van der Waals surface area (Å²) in [6.45, 7) is 7.37. The van der Waals surface area contributed by atoms with Gasteiger partial charge in [0.1, 0.15) is 48.1 Å². The molecular formula is C34H48O5. The second-order valence-electron chi connectivity index (χ2n) is 11.6. The molecule has 0 N–H and O–H groups in total. The molecule has 2 aliphatic rings. The molecule has 2 saturated heterocycles. The smallest absolute Gasteiger partial charge is 0.135 e. The van der Waals surface area contributed by atoms with Gasteiger partial charge in [0.25, 0.3) is 0 Å². The van der Waals surface area contributed by atoms with Crippen LogP contribution in [0.3, 0.4) is 0 Å². The number of hydrogen-bond donors (Lipinski definition) is 0. The highest BCUT2D eigenvalue weighted by molar-refractivity contribution is 6.06. The summed E-state index contributed by atoms with van der Waals surface area (Å²) in [4.78, 5) is 0. The highest BCUT2D eigenvalue weighted by Crippen LogP contribution is 2.38. The molecule has 0 aliphatic carbocycles. The van der Waals surface area contributed by atoms with Crippen molar-refractivity contribution < 1.29 is 23.4 Å². The van der Waals surface area contributed by atoms with E-state index in [0.717, 1.165) is 59.5 Å². The maximum Gasteiger partial charge on any atom is 0.135 e. The summed E-state index contributed by atoms with van der Waals surface area (Å²) in [7, 11) is 0. The van der Waals surface area contributed by atoms with E-state index in [1.165, 1.54) is 88.2 Å². The van der Waals surface area contributed by atoms with Crippen molar-refractivity contribution in [2.45, 2.75) is 116 Å². The molecule has 0 spiro atoms. The Bertz CT molecular complexity index is 1080. The van der Waals surface area contributed by atoms with E-state index in [4.69, 9.17) is 23.4 Å². The van der Waals surface area contributed by atoms with Crippen LogP contribution in [0.25, 0.3) is 21.9 Å². The maximum atomic E-state index is 6.48. The molecule has 5 nitrogen and oxygen atoms in total. The SMILES string of the molecule is CCCCCCCCc1cc2oc3cc(CCCCCCCC)c(OCC4CO4)cc3c2cc1OCC1CO1. The molecule has 1 aromatic heterocycles. The number of furan rings is 1. The number of benzene rings is 2. The number of unbranched alkanes of at least 4 members (excludes halogenated alkanes) is 10. The molecular weight excluding hydrogens is 488 g/mol. The number of hydrogen-bond acceptors (Lipinski definition) is 5. The molecule has 5 rings (SSSR count). The van der Waals surface area contributed by atoms with Crippen molar-refractivity contribution in [3.63, 3.8) is 0 Å². The lowest BCUT2D eigenvalue weighted by Crippen LogP contribution is -2.06. The topological polar surface area (TPSA) is 56.7 Å². The van der Waals surface area contributed by atoms with Crippen molar-refractivity contribution in [2.24, 2.45) is 0 Å². The molecule has 3 aromatic rings. The normalized spacial score (nSPS) is 18.2. The molecule has 2 aromatic carbocycles. The Morgan fingerprint density at radius 3 is 1.41 bits per heavy atom. The minimum Gasteiger partial charge on any atom is -0.490 e. The van der Waals surface area contributed by atoms with Crippen LogP contribution >= 0.6 is 0 Å². The highest BCUT2D eigenvalue weighted by atomic mass is 16.6. The van der Waals surface area contributed by atoms with Crippen LogP contribution in [0.15, 0.2) is 28.7 Å². The fourth-order valence-corrected chi connectivity index (χ4v) is 5.46. The molecule has 2 atom stereocenters. The summed E-state index contributed by atoms with van der Waals surface area (Å²) in [5.41, 5.74) is 4.36. The minimum atomic E-state index is 0.234. The summed E-state index contributed by atoms with van der Waals surface area (Å²) in [5, 5.41) is 2.20. The Balaban J connectivity index is 1.36. The molecule has 0 radical (unpaired) electrons. The third-order valence-electron chi connectivity index (χ3n) is 8.09. The van der Waals surface area contributed by atoms with Gasteiger partial charge in [-0.3, -0.25) is 0 Å². The first-order chi connectivity index (χ1) is 19.2. The van der Waals surface area contributed by atoms with Gasteiger partial charge in [-0.2, -0.15) is 0 Å². The number of fused-ring (bicyclic) bond motifs is 3. The first-order valence-corrected chi connectivity index (χ1v) is 15.8. The first kappa shape index (κ1) is 28.3. The van der Waals surface area contributed by atoms with E-state index in [2.05, 4.69) is 38.1 Å². The maximum absolute atomic E-state index is 6.48. The molecule has 2 unspecified atom stereocenters. The van der Waals surface area contributed by atoms with E-state index >= 15 is 0 Å². The zero-order valence-electron chi connectivity index (χ0n) is 24.2. The molecule has 2 aliphatic heterocycles. The lowest BCUT2D eigenvalue weighted by Gasteiger charge is -2.12. The zero-order chi connectivity index (χ0) is 26.9. The largest absolute Gasteiger partial charge is 0.490 e. The van der Waals surface area contributed by atoms with Gasteiger partial charge in [-0.1, -0.05) is 78.1 Å². The third kappa shape index (κ3) is 8.38. The van der Waals surface area contributed by atoms with Gasteiger partial charge in [0, 0.05) is 10.8 Å². The zero-order valence-corrected chi connectivity index (χ0v) is 24.2. The van der Waals surface area contributed by atoms with Gasteiger partial charge in [0.05, 0.1) is 13.2 Å². The Morgan fingerprint density at radius 2 is 1.00 bits per heavy atom. The third-order valence-corrected chi connectivity index (χ3v) is 8.09. The van der Waals surface area contributed by atoms with E-state index in [0.29, 0.717) is 13.2 Å². The van der Waals surface area contributed by atoms with Gasteiger partial charge in [-0.05, 0) is 61.1 Å². The van der Waals surface area contributed by atoms with Gasteiger partial charge in [-0.15, -0.1) is 0 Å². The Morgan fingerprint density at radius 1 is 0.590 bits per heavy atom. The predicted octanol–water partition coefficient (Wildman–Crippen LogP) is 8.95.